The number of amides is 1. The summed E-state index contributed by atoms with van der Waals surface area (Å²) < 4.78 is 10.1. The first kappa shape index (κ1) is 17.7. The highest BCUT2D eigenvalue weighted by atomic mass is 16.6. The van der Waals surface area contributed by atoms with E-state index in [4.69, 9.17) is 9.47 Å². The zero-order valence-electron chi connectivity index (χ0n) is 12.9. The van der Waals surface area contributed by atoms with Gasteiger partial charge in [0.1, 0.15) is 5.60 Å². The number of esters is 1. The average molecular weight is 273 g/mol. The molecule has 0 fully saturated rings. The normalized spacial score (nSPS) is 13.0. The summed E-state index contributed by atoms with van der Waals surface area (Å²) >= 11 is 0. The molecule has 112 valence electrons. The fraction of sp³-hybridized carbons (Fsp3) is 0.857. The predicted molar refractivity (Wildman–Crippen MR) is 73.9 cm³/mol. The first-order valence-electron chi connectivity index (χ1n) is 6.80. The summed E-state index contributed by atoms with van der Waals surface area (Å²) in [4.78, 5) is 23.0. The number of carbonyl (C=O) groups excluding carboxylic acids is 2. The fourth-order valence-corrected chi connectivity index (χ4v) is 1.54. The Morgan fingerprint density at radius 2 is 1.79 bits per heavy atom. The number of rotatable bonds is 6. The molecule has 0 aromatic carbocycles. The summed E-state index contributed by atoms with van der Waals surface area (Å²) in [6, 6.07) is -0.0979. The fourth-order valence-electron chi connectivity index (χ4n) is 1.54. The lowest BCUT2D eigenvalue weighted by Crippen LogP contribution is -2.42. The Balaban J connectivity index is 4.27. The third kappa shape index (κ3) is 9.33. The smallest absolute Gasteiger partial charge is 0.407 e. The van der Waals surface area contributed by atoms with Gasteiger partial charge in [0.15, 0.2) is 0 Å². The van der Waals surface area contributed by atoms with Crippen LogP contribution in [0.15, 0.2) is 0 Å². The highest BCUT2D eigenvalue weighted by molar-refractivity contribution is 5.70. The Bertz CT molecular complexity index is 294. The standard InChI is InChI=1S/C14H27NO4/c1-7-18-12(16)9-8-11(10(2)3)15-13(17)19-14(4,5)6/h10-11H,7-9H2,1-6H3,(H,15,17). The molecule has 0 rings (SSSR count). The lowest BCUT2D eigenvalue weighted by Gasteiger charge is -2.25. The number of hydrogen-bond donors (Lipinski definition) is 1. The summed E-state index contributed by atoms with van der Waals surface area (Å²) in [6.45, 7) is 11.6. The van der Waals surface area contributed by atoms with Crippen LogP contribution in [0.3, 0.4) is 0 Å². The molecule has 1 unspecified atom stereocenters. The zero-order chi connectivity index (χ0) is 15.1. The summed E-state index contributed by atoms with van der Waals surface area (Å²) in [5.74, 6) is -0.0129. The highest BCUT2D eigenvalue weighted by Crippen LogP contribution is 2.12. The molecule has 0 saturated carbocycles. The van der Waals surface area contributed by atoms with Gasteiger partial charge in [0.2, 0.25) is 0 Å². The molecule has 1 atom stereocenters. The quantitative estimate of drug-likeness (QED) is 0.756. The van der Waals surface area contributed by atoms with E-state index in [0.717, 1.165) is 0 Å². The van der Waals surface area contributed by atoms with Gasteiger partial charge in [-0.2, -0.15) is 0 Å². The molecule has 0 aromatic heterocycles. The van der Waals surface area contributed by atoms with Crippen molar-refractivity contribution < 1.29 is 19.1 Å². The van der Waals surface area contributed by atoms with Crippen LogP contribution in [0.5, 0.6) is 0 Å². The summed E-state index contributed by atoms with van der Waals surface area (Å²) in [5, 5.41) is 2.80. The van der Waals surface area contributed by atoms with Gasteiger partial charge >= 0.3 is 12.1 Å². The monoisotopic (exact) mass is 273 g/mol. The van der Waals surface area contributed by atoms with Crippen molar-refractivity contribution in [1.29, 1.82) is 0 Å². The van der Waals surface area contributed by atoms with Gasteiger partial charge in [-0.05, 0) is 40.0 Å². The van der Waals surface area contributed by atoms with Gasteiger partial charge in [-0.15, -0.1) is 0 Å². The van der Waals surface area contributed by atoms with Crippen LogP contribution in [0.25, 0.3) is 0 Å². The lowest BCUT2D eigenvalue weighted by atomic mass is 9.99. The molecule has 0 aromatic rings. The van der Waals surface area contributed by atoms with Crippen molar-refractivity contribution in [3.63, 3.8) is 0 Å². The summed E-state index contributed by atoms with van der Waals surface area (Å²) in [5.41, 5.74) is -0.521. The Hall–Kier alpha value is -1.26. The molecule has 0 bridgehead atoms. The van der Waals surface area contributed by atoms with E-state index in [1.165, 1.54) is 0 Å². The summed E-state index contributed by atoms with van der Waals surface area (Å²) in [7, 11) is 0. The Kier molecular flexibility index (Phi) is 7.49. The number of alkyl carbamates (subject to hydrolysis) is 1. The zero-order valence-corrected chi connectivity index (χ0v) is 12.9. The van der Waals surface area contributed by atoms with E-state index < -0.39 is 11.7 Å². The van der Waals surface area contributed by atoms with Crippen molar-refractivity contribution in [1.82, 2.24) is 5.32 Å². The first-order chi connectivity index (χ1) is 8.65. The maximum Gasteiger partial charge on any atom is 0.407 e. The maximum absolute atomic E-state index is 11.7. The molecule has 1 N–H and O–H groups in total. The minimum Gasteiger partial charge on any atom is -0.466 e. The van der Waals surface area contributed by atoms with E-state index >= 15 is 0 Å². The molecule has 1 amide bonds. The van der Waals surface area contributed by atoms with Gasteiger partial charge < -0.3 is 14.8 Å². The van der Waals surface area contributed by atoms with Crippen LogP contribution in [0.2, 0.25) is 0 Å². The Morgan fingerprint density at radius 1 is 1.21 bits per heavy atom. The molecule has 0 radical (unpaired) electrons. The van der Waals surface area contributed by atoms with E-state index in [0.29, 0.717) is 19.4 Å². The molecular weight excluding hydrogens is 246 g/mol. The number of nitrogens with one attached hydrogen (secondary N) is 1. The number of carbonyl (C=O) groups is 2. The maximum atomic E-state index is 11.7. The van der Waals surface area contributed by atoms with Crippen LogP contribution in [0.1, 0.15) is 54.4 Å². The van der Waals surface area contributed by atoms with Crippen LogP contribution in [-0.2, 0) is 14.3 Å². The topological polar surface area (TPSA) is 64.6 Å². The molecule has 5 nitrogen and oxygen atoms in total. The van der Waals surface area contributed by atoms with Crippen molar-refractivity contribution in [3.8, 4) is 0 Å². The van der Waals surface area contributed by atoms with Crippen LogP contribution in [0.4, 0.5) is 4.79 Å². The molecule has 19 heavy (non-hydrogen) atoms. The van der Waals surface area contributed by atoms with Crippen molar-refractivity contribution in [2.75, 3.05) is 6.61 Å². The largest absolute Gasteiger partial charge is 0.466 e. The van der Waals surface area contributed by atoms with Crippen molar-refractivity contribution in [3.05, 3.63) is 0 Å². The molecule has 0 spiro atoms. The van der Waals surface area contributed by atoms with E-state index in [-0.39, 0.29) is 17.9 Å². The van der Waals surface area contributed by atoms with Crippen LogP contribution in [0, 0.1) is 5.92 Å². The van der Waals surface area contributed by atoms with Crippen LogP contribution in [-0.4, -0.2) is 30.3 Å². The predicted octanol–water partition coefficient (Wildman–Crippen LogP) is 2.88. The van der Waals surface area contributed by atoms with Crippen molar-refractivity contribution in [2.45, 2.75) is 66.0 Å². The number of hydrogen-bond acceptors (Lipinski definition) is 4. The first-order valence-corrected chi connectivity index (χ1v) is 6.80. The molecule has 0 aliphatic carbocycles. The second-order valence-corrected chi connectivity index (χ2v) is 5.84. The van der Waals surface area contributed by atoms with Gasteiger partial charge in [0, 0.05) is 12.5 Å². The van der Waals surface area contributed by atoms with Gasteiger partial charge in [0.05, 0.1) is 6.61 Å². The molecule has 0 aliphatic heterocycles. The van der Waals surface area contributed by atoms with Crippen molar-refractivity contribution in [2.24, 2.45) is 5.92 Å². The van der Waals surface area contributed by atoms with Crippen LogP contribution < -0.4 is 5.32 Å². The van der Waals surface area contributed by atoms with E-state index in [1.807, 2.05) is 34.6 Å². The van der Waals surface area contributed by atoms with E-state index in [9.17, 15) is 9.59 Å². The highest BCUT2D eigenvalue weighted by Gasteiger charge is 2.22. The minimum atomic E-state index is -0.521. The van der Waals surface area contributed by atoms with Gasteiger partial charge in [-0.1, -0.05) is 13.8 Å². The van der Waals surface area contributed by atoms with Crippen LogP contribution >= 0.6 is 0 Å². The van der Waals surface area contributed by atoms with E-state index in [2.05, 4.69) is 5.32 Å². The molecule has 5 heteroatoms. The van der Waals surface area contributed by atoms with Gasteiger partial charge in [-0.3, -0.25) is 4.79 Å². The average Bonchev–Trinajstić information content (AvgIpc) is 2.21. The Labute approximate surface area is 116 Å². The molecule has 0 aliphatic rings. The molecule has 0 heterocycles. The third-order valence-corrected chi connectivity index (χ3v) is 2.47. The van der Waals surface area contributed by atoms with Gasteiger partial charge in [-0.25, -0.2) is 4.79 Å². The minimum absolute atomic E-state index is 0.0979. The lowest BCUT2D eigenvalue weighted by molar-refractivity contribution is -0.143. The summed E-state index contributed by atoms with van der Waals surface area (Å²) in [6.07, 6.45) is 0.400. The van der Waals surface area contributed by atoms with E-state index in [1.54, 1.807) is 6.92 Å². The number of ether oxygens (including phenoxy) is 2. The Morgan fingerprint density at radius 3 is 2.21 bits per heavy atom. The van der Waals surface area contributed by atoms with Gasteiger partial charge in [0.25, 0.3) is 0 Å². The van der Waals surface area contributed by atoms with Crippen molar-refractivity contribution >= 4 is 12.1 Å². The second-order valence-electron chi connectivity index (χ2n) is 5.84. The molecular formula is C14H27NO4. The SMILES string of the molecule is CCOC(=O)CCC(NC(=O)OC(C)(C)C)C(C)C. The second kappa shape index (κ2) is 8.02. The third-order valence-electron chi connectivity index (χ3n) is 2.47. The molecule has 0 saturated heterocycles.